The number of hydrogen-bond donors (Lipinski definition) is 2. The van der Waals surface area contributed by atoms with Crippen molar-refractivity contribution in [1.82, 2.24) is 4.72 Å². The van der Waals surface area contributed by atoms with Crippen LogP contribution in [0.3, 0.4) is 0 Å². The molecule has 0 saturated carbocycles. The third-order valence-corrected chi connectivity index (χ3v) is 6.31. The first-order valence-corrected chi connectivity index (χ1v) is 11.1. The molecule has 0 spiro atoms. The molecule has 0 aliphatic heterocycles. The van der Waals surface area contributed by atoms with Crippen LogP contribution in [0.15, 0.2) is 58.3 Å². The highest BCUT2D eigenvalue weighted by molar-refractivity contribution is 7.90. The van der Waals surface area contributed by atoms with E-state index in [-0.39, 0.29) is 15.7 Å². The van der Waals surface area contributed by atoms with Gasteiger partial charge >= 0.3 is 0 Å². The van der Waals surface area contributed by atoms with Gasteiger partial charge in [0.05, 0.1) is 9.79 Å². The smallest absolute Gasteiger partial charge is 0.241 e. The molecular formula is C17H20N2O5S2. The molecule has 140 valence electrons. The quantitative estimate of drug-likeness (QED) is 0.777. The minimum Gasteiger partial charge on any atom is -0.326 e. The summed E-state index contributed by atoms with van der Waals surface area (Å²) in [6, 6.07) is 11.3. The average Bonchev–Trinajstić information content (AvgIpc) is 2.53. The first-order valence-electron chi connectivity index (χ1n) is 7.69. The fourth-order valence-electron chi connectivity index (χ4n) is 2.29. The number of nitrogens with one attached hydrogen (secondary N) is 2. The minimum atomic E-state index is -3.77. The van der Waals surface area contributed by atoms with E-state index >= 15 is 0 Å². The predicted molar refractivity (Wildman–Crippen MR) is 99.0 cm³/mol. The number of rotatable bonds is 6. The van der Waals surface area contributed by atoms with E-state index in [1.165, 1.54) is 43.3 Å². The first kappa shape index (κ1) is 20.1. The maximum atomic E-state index is 12.5. The fraction of sp³-hybridized carbons (Fsp3) is 0.235. The molecule has 2 rings (SSSR count). The molecule has 0 aliphatic rings. The number of carbonyl (C=O) groups excluding carboxylic acids is 1. The van der Waals surface area contributed by atoms with Gasteiger partial charge in [-0.1, -0.05) is 12.1 Å². The first-order chi connectivity index (χ1) is 12.0. The third kappa shape index (κ3) is 5.13. The second-order valence-electron chi connectivity index (χ2n) is 5.89. The molecule has 0 aromatic heterocycles. The van der Waals surface area contributed by atoms with E-state index < -0.39 is 25.9 Å². The molecule has 0 saturated heterocycles. The van der Waals surface area contributed by atoms with Crippen LogP contribution in [0.5, 0.6) is 0 Å². The number of amides is 1. The van der Waals surface area contributed by atoms with Crippen LogP contribution in [-0.2, 0) is 24.7 Å². The van der Waals surface area contributed by atoms with Gasteiger partial charge in [0.1, 0.15) is 0 Å². The Balaban J connectivity index is 2.16. The average molecular weight is 396 g/mol. The van der Waals surface area contributed by atoms with Gasteiger partial charge < -0.3 is 5.32 Å². The lowest BCUT2D eigenvalue weighted by Crippen LogP contribution is -2.26. The molecule has 0 fully saturated rings. The standard InChI is InChI=1S/C17H20N2O5S2/c1-12(14-4-8-16(9-5-14)25(3,21)22)19-26(23,24)17-10-6-15(7-11-17)18-13(2)20/h4-12,19H,1-3H3,(H,18,20)/t12-/m1/s1. The Bertz CT molecular complexity index is 996. The summed E-state index contributed by atoms with van der Waals surface area (Å²) in [6.07, 6.45) is 1.11. The monoisotopic (exact) mass is 396 g/mol. The number of hydrogen-bond acceptors (Lipinski definition) is 5. The largest absolute Gasteiger partial charge is 0.326 e. The van der Waals surface area contributed by atoms with E-state index in [0.717, 1.165) is 6.26 Å². The maximum Gasteiger partial charge on any atom is 0.241 e. The molecular weight excluding hydrogens is 376 g/mol. The van der Waals surface area contributed by atoms with Crippen LogP contribution in [0.25, 0.3) is 0 Å². The molecule has 0 unspecified atom stereocenters. The van der Waals surface area contributed by atoms with E-state index in [9.17, 15) is 21.6 Å². The van der Waals surface area contributed by atoms with Gasteiger partial charge in [-0.15, -0.1) is 0 Å². The van der Waals surface area contributed by atoms with Crippen LogP contribution >= 0.6 is 0 Å². The van der Waals surface area contributed by atoms with Gasteiger partial charge in [0.15, 0.2) is 9.84 Å². The Morgan fingerprint density at radius 3 is 1.85 bits per heavy atom. The van der Waals surface area contributed by atoms with Crippen molar-refractivity contribution in [3.63, 3.8) is 0 Å². The van der Waals surface area contributed by atoms with E-state index in [4.69, 9.17) is 0 Å². The van der Waals surface area contributed by atoms with Gasteiger partial charge in [0.25, 0.3) is 0 Å². The van der Waals surface area contributed by atoms with Gasteiger partial charge in [-0.2, -0.15) is 0 Å². The number of benzene rings is 2. The Kier molecular flexibility index (Phi) is 5.84. The summed E-state index contributed by atoms with van der Waals surface area (Å²) in [6.45, 7) is 3.03. The van der Waals surface area contributed by atoms with Crippen LogP contribution in [0.4, 0.5) is 5.69 Å². The van der Waals surface area contributed by atoms with E-state index in [1.54, 1.807) is 19.1 Å². The fourth-order valence-corrected chi connectivity index (χ4v) is 4.16. The molecule has 26 heavy (non-hydrogen) atoms. The van der Waals surface area contributed by atoms with Crippen molar-refractivity contribution in [3.05, 3.63) is 54.1 Å². The summed E-state index contributed by atoms with van der Waals surface area (Å²) in [7, 11) is -7.08. The van der Waals surface area contributed by atoms with E-state index in [1.807, 2.05) is 0 Å². The van der Waals surface area contributed by atoms with Crippen molar-refractivity contribution >= 4 is 31.5 Å². The Hall–Kier alpha value is -2.23. The highest BCUT2D eigenvalue weighted by Gasteiger charge is 2.19. The van der Waals surface area contributed by atoms with Crippen molar-refractivity contribution in [3.8, 4) is 0 Å². The van der Waals surface area contributed by atoms with Crippen molar-refractivity contribution in [2.75, 3.05) is 11.6 Å². The molecule has 0 heterocycles. The zero-order valence-corrected chi connectivity index (χ0v) is 16.2. The van der Waals surface area contributed by atoms with Crippen molar-refractivity contribution in [2.45, 2.75) is 29.7 Å². The summed E-state index contributed by atoms with van der Waals surface area (Å²) >= 11 is 0. The molecule has 2 N–H and O–H groups in total. The molecule has 2 aromatic rings. The van der Waals surface area contributed by atoms with Crippen molar-refractivity contribution in [2.24, 2.45) is 0 Å². The second-order valence-corrected chi connectivity index (χ2v) is 9.62. The minimum absolute atomic E-state index is 0.0613. The SMILES string of the molecule is CC(=O)Nc1ccc(S(=O)(=O)N[C@H](C)c2ccc(S(C)(=O)=O)cc2)cc1. The Labute approximate surface area is 153 Å². The highest BCUT2D eigenvalue weighted by atomic mass is 32.2. The number of sulfonamides is 1. The zero-order chi connectivity index (χ0) is 19.5. The lowest BCUT2D eigenvalue weighted by atomic mass is 10.1. The number of anilines is 1. The van der Waals surface area contributed by atoms with Gasteiger partial charge in [0, 0.05) is 24.9 Å². The summed E-state index contributed by atoms with van der Waals surface area (Å²) in [5.74, 6) is -0.245. The molecule has 0 aliphatic carbocycles. The van der Waals surface area contributed by atoms with Crippen molar-refractivity contribution in [1.29, 1.82) is 0 Å². The normalized spacial score (nSPS) is 13.2. The molecule has 1 atom stereocenters. The molecule has 2 aromatic carbocycles. The van der Waals surface area contributed by atoms with Crippen LogP contribution in [0.1, 0.15) is 25.5 Å². The summed E-state index contributed by atoms with van der Waals surface area (Å²) in [5, 5.41) is 2.56. The van der Waals surface area contributed by atoms with Crippen LogP contribution < -0.4 is 10.0 Å². The summed E-state index contributed by atoms with van der Waals surface area (Å²) in [5.41, 5.74) is 1.14. The lowest BCUT2D eigenvalue weighted by Gasteiger charge is -2.15. The van der Waals surface area contributed by atoms with Gasteiger partial charge in [-0.25, -0.2) is 21.6 Å². The van der Waals surface area contributed by atoms with Crippen LogP contribution in [0, 0.1) is 0 Å². The molecule has 0 radical (unpaired) electrons. The van der Waals surface area contributed by atoms with Gasteiger partial charge in [0.2, 0.25) is 15.9 Å². The topological polar surface area (TPSA) is 109 Å². The Morgan fingerprint density at radius 2 is 1.38 bits per heavy atom. The zero-order valence-electron chi connectivity index (χ0n) is 14.6. The maximum absolute atomic E-state index is 12.5. The van der Waals surface area contributed by atoms with E-state index in [2.05, 4.69) is 10.0 Å². The van der Waals surface area contributed by atoms with Crippen molar-refractivity contribution < 1.29 is 21.6 Å². The number of sulfone groups is 1. The summed E-state index contributed by atoms with van der Waals surface area (Å²) < 4.78 is 50.5. The third-order valence-electron chi connectivity index (χ3n) is 3.63. The van der Waals surface area contributed by atoms with Crippen LogP contribution in [0.2, 0.25) is 0 Å². The highest BCUT2D eigenvalue weighted by Crippen LogP contribution is 2.20. The molecule has 1 amide bonds. The Morgan fingerprint density at radius 1 is 0.885 bits per heavy atom. The second kappa shape index (κ2) is 7.56. The summed E-state index contributed by atoms with van der Waals surface area (Å²) in [4.78, 5) is 11.2. The molecule has 7 nitrogen and oxygen atoms in total. The van der Waals surface area contributed by atoms with Gasteiger partial charge in [-0.3, -0.25) is 4.79 Å². The van der Waals surface area contributed by atoms with Crippen LogP contribution in [-0.4, -0.2) is 29.0 Å². The predicted octanol–water partition coefficient (Wildman–Crippen LogP) is 2.09. The van der Waals surface area contributed by atoms with Gasteiger partial charge in [-0.05, 0) is 48.9 Å². The molecule has 9 heteroatoms. The van der Waals surface area contributed by atoms with E-state index in [0.29, 0.717) is 11.3 Å². The molecule has 0 bridgehead atoms. The number of carbonyl (C=O) groups is 1. The lowest BCUT2D eigenvalue weighted by molar-refractivity contribution is -0.114.